The van der Waals surface area contributed by atoms with Gasteiger partial charge in [-0.2, -0.15) is 0 Å². The number of carbonyl (C=O) groups is 1. The maximum Gasteiger partial charge on any atom is 0.251 e. The number of pyridine rings is 1. The molecule has 1 amide bonds. The highest BCUT2D eigenvalue weighted by molar-refractivity contribution is 5.95. The number of aryl methyl sites for hydroxylation is 1. The van der Waals surface area contributed by atoms with Gasteiger partial charge in [-0.05, 0) is 53.8 Å². The van der Waals surface area contributed by atoms with Gasteiger partial charge in [0.15, 0.2) is 0 Å². The van der Waals surface area contributed by atoms with Gasteiger partial charge >= 0.3 is 0 Å². The van der Waals surface area contributed by atoms with E-state index in [1.165, 1.54) is 17.7 Å². The molecule has 0 radical (unpaired) electrons. The predicted octanol–water partition coefficient (Wildman–Crippen LogP) is 4.46. The van der Waals surface area contributed by atoms with Crippen LogP contribution in [0.4, 0.5) is 10.2 Å². The van der Waals surface area contributed by atoms with E-state index in [1.807, 2.05) is 24.1 Å². The summed E-state index contributed by atoms with van der Waals surface area (Å²) in [7, 11) is 1.86. The second-order valence-electron chi connectivity index (χ2n) is 9.62. The predicted molar refractivity (Wildman–Crippen MR) is 158 cm³/mol. The summed E-state index contributed by atoms with van der Waals surface area (Å²) >= 11 is 0. The van der Waals surface area contributed by atoms with Crippen LogP contribution in [-0.2, 0) is 19.4 Å². The Bertz CT molecular complexity index is 1280. The zero-order chi connectivity index (χ0) is 28.9. The Hall–Kier alpha value is -4.01. The van der Waals surface area contributed by atoms with Gasteiger partial charge in [0.2, 0.25) is 0 Å². The molecule has 3 rings (SSSR count). The third kappa shape index (κ3) is 9.32. The lowest BCUT2D eigenvalue weighted by molar-refractivity contribution is 0.0829. The highest BCUT2D eigenvalue weighted by Gasteiger charge is 2.23. The molecule has 0 bridgehead atoms. The average molecular weight is 547 g/mol. The summed E-state index contributed by atoms with van der Waals surface area (Å²) in [6, 6.07) is 15.2. The molecule has 1 heterocycles. The summed E-state index contributed by atoms with van der Waals surface area (Å²) in [5.41, 5.74) is 3.33. The summed E-state index contributed by atoms with van der Waals surface area (Å²) in [5.74, 6) is 0.145. The minimum atomic E-state index is -0.955. The Balaban J connectivity index is 1.78. The zero-order valence-corrected chi connectivity index (χ0v) is 23.3. The number of ether oxygens (including phenoxy) is 1. The Morgan fingerprint density at radius 3 is 2.67 bits per heavy atom. The topological polar surface area (TPSA) is 86.7 Å². The minimum Gasteiger partial charge on any atom is -0.489 e. The van der Waals surface area contributed by atoms with Crippen LogP contribution in [0.2, 0.25) is 0 Å². The molecule has 8 heteroatoms. The second-order valence-corrected chi connectivity index (χ2v) is 9.62. The third-order valence-corrected chi connectivity index (χ3v) is 6.42. The molecule has 0 aliphatic heterocycles. The number of aliphatic hydroxyl groups excluding tert-OH is 1. The van der Waals surface area contributed by atoms with Gasteiger partial charge in [-0.25, -0.2) is 9.37 Å². The number of amides is 1. The van der Waals surface area contributed by atoms with Crippen molar-refractivity contribution in [3.05, 3.63) is 114 Å². The van der Waals surface area contributed by atoms with E-state index in [2.05, 4.69) is 47.8 Å². The van der Waals surface area contributed by atoms with Gasteiger partial charge < -0.3 is 25.4 Å². The van der Waals surface area contributed by atoms with E-state index in [-0.39, 0.29) is 25.5 Å². The molecule has 0 fully saturated rings. The zero-order valence-electron chi connectivity index (χ0n) is 23.3. The maximum absolute atomic E-state index is 14.4. The number of hydrogen-bond donors (Lipinski definition) is 3. The number of likely N-dealkylation sites (N-methyl/N-ethyl adjacent to an activating group) is 1. The first-order valence-corrected chi connectivity index (χ1v) is 13.4. The molecule has 212 valence electrons. The number of halogens is 1. The van der Waals surface area contributed by atoms with E-state index < -0.39 is 18.0 Å². The van der Waals surface area contributed by atoms with Gasteiger partial charge in [-0.15, -0.1) is 6.58 Å². The van der Waals surface area contributed by atoms with Crippen molar-refractivity contribution in [3.63, 3.8) is 0 Å². The molecule has 40 heavy (non-hydrogen) atoms. The number of nitrogens with zero attached hydrogens (tertiary/aromatic N) is 2. The lowest BCUT2D eigenvalue weighted by Crippen LogP contribution is -2.48. The number of carbonyl (C=O) groups excluding carboxylic acids is 1. The van der Waals surface area contributed by atoms with Crippen molar-refractivity contribution in [2.75, 3.05) is 31.6 Å². The third-order valence-electron chi connectivity index (χ3n) is 6.42. The fraction of sp³-hybridized carbons (Fsp3) is 0.312. The second kappa shape index (κ2) is 15.5. The fourth-order valence-corrected chi connectivity index (χ4v) is 4.29. The SMILES string of the molecule is C=CCOc1cc(F)cc(CC(NC(=O)c2ccnc(N(C)CC=C)c2)C(O)CNCc2cccc(CC)c2)c1. The standard InChI is InChI=1S/C32H39FN4O3/c1-5-13-37(4)31-19-26(11-12-35-31)32(39)36-29(18-25-16-27(33)20-28(17-25)40-14-6-2)30(38)22-34-21-24-10-8-9-23(7-3)15-24/h5-6,8-12,15-17,19-20,29-30,34,38H,1-2,7,13-14,18,21-22H2,3-4H3,(H,36,39). The van der Waals surface area contributed by atoms with E-state index in [0.29, 0.717) is 35.8 Å². The number of aliphatic hydroxyl groups is 1. The fourth-order valence-electron chi connectivity index (χ4n) is 4.29. The van der Waals surface area contributed by atoms with Crippen molar-refractivity contribution < 1.29 is 19.0 Å². The Labute approximate surface area is 236 Å². The molecule has 0 aliphatic carbocycles. The monoisotopic (exact) mass is 546 g/mol. The quantitative estimate of drug-likeness (QED) is 0.230. The van der Waals surface area contributed by atoms with Crippen molar-refractivity contribution in [1.29, 1.82) is 0 Å². The van der Waals surface area contributed by atoms with Crippen molar-refractivity contribution in [1.82, 2.24) is 15.6 Å². The molecule has 2 aromatic carbocycles. The van der Waals surface area contributed by atoms with Gasteiger partial charge in [0, 0.05) is 44.5 Å². The average Bonchev–Trinajstić information content (AvgIpc) is 2.95. The number of nitrogens with one attached hydrogen (secondary N) is 2. The number of anilines is 1. The molecule has 0 aliphatic rings. The molecule has 7 nitrogen and oxygen atoms in total. The molecule has 2 atom stereocenters. The van der Waals surface area contributed by atoms with Gasteiger partial charge in [-0.3, -0.25) is 4.79 Å². The maximum atomic E-state index is 14.4. The van der Waals surface area contributed by atoms with Crippen LogP contribution in [0.15, 0.2) is 86.1 Å². The van der Waals surface area contributed by atoms with E-state index in [1.54, 1.807) is 36.5 Å². The first-order valence-electron chi connectivity index (χ1n) is 13.4. The molecular formula is C32H39FN4O3. The first kappa shape index (κ1) is 30.5. The smallest absolute Gasteiger partial charge is 0.251 e. The molecule has 0 spiro atoms. The van der Waals surface area contributed by atoms with Crippen LogP contribution < -0.4 is 20.3 Å². The molecule has 0 saturated heterocycles. The number of hydrogen-bond acceptors (Lipinski definition) is 6. The van der Waals surface area contributed by atoms with Crippen molar-refractivity contribution >= 4 is 11.7 Å². The normalized spacial score (nSPS) is 12.3. The largest absolute Gasteiger partial charge is 0.489 e. The van der Waals surface area contributed by atoms with Crippen LogP contribution in [0.1, 0.15) is 34.0 Å². The van der Waals surface area contributed by atoms with Crippen LogP contribution in [0.3, 0.4) is 0 Å². The Morgan fingerprint density at radius 2 is 1.93 bits per heavy atom. The molecule has 0 saturated carbocycles. The van der Waals surface area contributed by atoms with Crippen LogP contribution in [-0.4, -0.2) is 54.9 Å². The Morgan fingerprint density at radius 1 is 1.12 bits per heavy atom. The highest BCUT2D eigenvalue weighted by atomic mass is 19.1. The molecule has 3 N–H and O–H groups in total. The van der Waals surface area contributed by atoms with Crippen LogP contribution in [0, 0.1) is 5.82 Å². The summed E-state index contributed by atoms with van der Waals surface area (Å²) in [6.07, 6.45) is 5.07. The minimum absolute atomic E-state index is 0.191. The van der Waals surface area contributed by atoms with Crippen LogP contribution >= 0.6 is 0 Å². The molecular weight excluding hydrogens is 507 g/mol. The summed E-state index contributed by atoms with van der Waals surface area (Å²) < 4.78 is 19.9. The van der Waals surface area contributed by atoms with Gasteiger partial charge in [0.25, 0.3) is 5.91 Å². The van der Waals surface area contributed by atoms with Gasteiger partial charge in [-0.1, -0.05) is 49.9 Å². The van der Waals surface area contributed by atoms with Crippen LogP contribution in [0.25, 0.3) is 0 Å². The summed E-state index contributed by atoms with van der Waals surface area (Å²) in [6.45, 7) is 11.1. The number of rotatable bonds is 16. The van der Waals surface area contributed by atoms with Crippen LogP contribution in [0.5, 0.6) is 5.75 Å². The molecule has 2 unspecified atom stereocenters. The van der Waals surface area contributed by atoms with Gasteiger partial charge in [0.05, 0.1) is 12.1 Å². The van der Waals surface area contributed by atoms with Crippen molar-refractivity contribution in [2.24, 2.45) is 0 Å². The molecule has 1 aromatic heterocycles. The summed E-state index contributed by atoms with van der Waals surface area (Å²) in [4.78, 5) is 19.5. The number of benzene rings is 2. The highest BCUT2D eigenvalue weighted by Crippen LogP contribution is 2.19. The Kier molecular flexibility index (Phi) is 11.9. The van der Waals surface area contributed by atoms with E-state index in [4.69, 9.17) is 4.74 Å². The summed E-state index contributed by atoms with van der Waals surface area (Å²) in [5, 5.41) is 17.4. The van der Waals surface area contributed by atoms with E-state index in [9.17, 15) is 14.3 Å². The van der Waals surface area contributed by atoms with Gasteiger partial charge in [0.1, 0.15) is 24.0 Å². The number of aromatic nitrogens is 1. The molecule has 3 aromatic rings. The van der Waals surface area contributed by atoms with Crippen molar-refractivity contribution in [2.45, 2.75) is 38.5 Å². The lowest BCUT2D eigenvalue weighted by Gasteiger charge is -2.25. The first-order chi connectivity index (χ1) is 19.3. The lowest BCUT2D eigenvalue weighted by atomic mass is 10.00. The van der Waals surface area contributed by atoms with Crippen molar-refractivity contribution in [3.8, 4) is 5.75 Å². The van der Waals surface area contributed by atoms with E-state index >= 15 is 0 Å². The van der Waals surface area contributed by atoms with E-state index in [0.717, 1.165) is 12.0 Å².